The molecule has 2 unspecified atom stereocenters. The van der Waals surface area contributed by atoms with Crippen LogP contribution >= 0.6 is 0 Å². The smallest absolute Gasteiger partial charge is 0.303 e. The number of hydrogen-bond donors (Lipinski definition) is 1. The lowest BCUT2D eigenvalue weighted by atomic mass is 9.69. The molecule has 1 saturated carbocycles. The minimum atomic E-state index is -0.759. The van der Waals surface area contributed by atoms with E-state index in [1.54, 1.807) is 0 Å². The van der Waals surface area contributed by atoms with Crippen LogP contribution < -0.4 is 0 Å². The van der Waals surface area contributed by atoms with Crippen molar-refractivity contribution in [3.8, 4) is 0 Å². The Morgan fingerprint density at radius 3 is 2.33 bits per heavy atom. The summed E-state index contributed by atoms with van der Waals surface area (Å²) in [5, 5.41) is 9.21. The Morgan fingerprint density at radius 1 is 1.10 bits per heavy atom. The van der Waals surface area contributed by atoms with Crippen molar-refractivity contribution in [3.63, 3.8) is 0 Å². The molecule has 1 heterocycles. The molecule has 1 aliphatic carbocycles. The van der Waals surface area contributed by atoms with Crippen molar-refractivity contribution < 1.29 is 14.7 Å². The molecule has 21 heavy (non-hydrogen) atoms. The number of likely N-dealkylation sites (tertiary alicyclic amines) is 1. The van der Waals surface area contributed by atoms with E-state index in [0.29, 0.717) is 18.3 Å². The van der Waals surface area contributed by atoms with E-state index >= 15 is 0 Å². The van der Waals surface area contributed by atoms with Crippen LogP contribution in [0.25, 0.3) is 0 Å². The third kappa shape index (κ3) is 4.21. The summed E-state index contributed by atoms with van der Waals surface area (Å²) >= 11 is 0. The Kier molecular flexibility index (Phi) is 5.28. The Balaban J connectivity index is 1.99. The summed E-state index contributed by atoms with van der Waals surface area (Å²) in [6, 6.07) is 0. The predicted molar refractivity (Wildman–Crippen MR) is 81.9 cm³/mol. The topological polar surface area (TPSA) is 57.6 Å². The van der Waals surface area contributed by atoms with E-state index in [2.05, 4.69) is 13.8 Å². The minimum absolute atomic E-state index is 0.151. The van der Waals surface area contributed by atoms with Gasteiger partial charge in [0.15, 0.2) is 0 Å². The van der Waals surface area contributed by atoms with Crippen molar-refractivity contribution in [2.75, 3.05) is 13.1 Å². The van der Waals surface area contributed by atoms with Crippen molar-refractivity contribution in [2.24, 2.45) is 17.3 Å². The van der Waals surface area contributed by atoms with Crippen LogP contribution in [0.2, 0.25) is 0 Å². The SMILES string of the molecule is CC1CCN(C(=O)CC2(CC(=O)O)CCCCC2)CC1C. The van der Waals surface area contributed by atoms with Crippen molar-refractivity contribution in [1.82, 2.24) is 4.90 Å². The number of nitrogens with zero attached hydrogens (tertiary/aromatic N) is 1. The molecule has 2 aliphatic rings. The lowest BCUT2D eigenvalue weighted by molar-refractivity contribution is -0.143. The first kappa shape index (κ1) is 16.3. The Hall–Kier alpha value is -1.06. The summed E-state index contributed by atoms with van der Waals surface area (Å²) in [6.07, 6.45) is 6.74. The molecule has 1 N–H and O–H groups in total. The van der Waals surface area contributed by atoms with E-state index in [0.717, 1.165) is 45.2 Å². The molecule has 0 radical (unpaired) electrons. The lowest BCUT2D eigenvalue weighted by Gasteiger charge is -2.40. The first-order chi connectivity index (χ1) is 9.92. The molecule has 2 fully saturated rings. The van der Waals surface area contributed by atoms with Crippen molar-refractivity contribution in [1.29, 1.82) is 0 Å². The third-order valence-corrected chi connectivity index (χ3v) is 5.65. The number of hydrogen-bond acceptors (Lipinski definition) is 2. The van der Waals surface area contributed by atoms with Gasteiger partial charge in [-0.05, 0) is 36.5 Å². The fourth-order valence-corrected chi connectivity index (χ4v) is 3.96. The molecule has 4 heteroatoms. The molecule has 0 spiro atoms. The number of amides is 1. The third-order valence-electron chi connectivity index (χ3n) is 5.65. The van der Waals surface area contributed by atoms with Crippen LogP contribution in [0.15, 0.2) is 0 Å². The summed E-state index contributed by atoms with van der Waals surface area (Å²) in [4.78, 5) is 25.8. The van der Waals surface area contributed by atoms with Crippen LogP contribution in [0.4, 0.5) is 0 Å². The highest BCUT2D eigenvalue weighted by atomic mass is 16.4. The maximum atomic E-state index is 12.6. The highest BCUT2D eigenvalue weighted by Gasteiger charge is 2.38. The zero-order chi connectivity index (χ0) is 15.5. The number of rotatable bonds is 4. The van der Waals surface area contributed by atoms with Crippen LogP contribution in [0, 0.1) is 17.3 Å². The van der Waals surface area contributed by atoms with E-state index < -0.39 is 5.97 Å². The van der Waals surface area contributed by atoms with E-state index in [-0.39, 0.29) is 17.7 Å². The van der Waals surface area contributed by atoms with Gasteiger partial charge in [0.25, 0.3) is 0 Å². The van der Waals surface area contributed by atoms with Crippen molar-refractivity contribution in [3.05, 3.63) is 0 Å². The average Bonchev–Trinajstić information content (AvgIpc) is 2.41. The van der Waals surface area contributed by atoms with Gasteiger partial charge in [-0.3, -0.25) is 9.59 Å². The maximum Gasteiger partial charge on any atom is 0.303 e. The van der Waals surface area contributed by atoms with Gasteiger partial charge in [0, 0.05) is 19.5 Å². The molecule has 1 saturated heterocycles. The molecular weight excluding hydrogens is 266 g/mol. The normalized spacial score (nSPS) is 29.1. The molecule has 1 amide bonds. The van der Waals surface area contributed by atoms with Crippen molar-refractivity contribution >= 4 is 11.9 Å². The fourth-order valence-electron chi connectivity index (χ4n) is 3.96. The predicted octanol–water partition coefficient (Wildman–Crippen LogP) is 3.31. The molecular formula is C17H29NO3. The minimum Gasteiger partial charge on any atom is -0.481 e. The van der Waals surface area contributed by atoms with Gasteiger partial charge in [-0.1, -0.05) is 33.1 Å². The molecule has 2 rings (SSSR count). The summed E-state index contributed by atoms with van der Waals surface area (Å²) in [5.41, 5.74) is -0.284. The standard InChI is InChI=1S/C17H29NO3/c1-13-6-9-18(12-14(13)2)15(19)10-17(11-16(20)21)7-4-3-5-8-17/h13-14H,3-12H2,1-2H3,(H,20,21). The Bertz CT molecular complexity index is 387. The van der Waals surface area contributed by atoms with Crippen LogP contribution in [0.5, 0.6) is 0 Å². The van der Waals surface area contributed by atoms with E-state index in [1.807, 2.05) is 4.90 Å². The molecule has 2 atom stereocenters. The first-order valence-electron chi connectivity index (χ1n) is 8.41. The summed E-state index contributed by atoms with van der Waals surface area (Å²) in [7, 11) is 0. The number of carboxylic acid groups (broad SMARTS) is 1. The van der Waals surface area contributed by atoms with Gasteiger partial charge in [0.05, 0.1) is 6.42 Å². The monoisotopic (exact) mass is 295 g/mol. The fraction of sp³-hybridized carbons (Fsp3) is 0.882. The number of piperidine rings is 1. The number of carbonyl (C=O) groups is 2. The van der Waals surface area contributed by atoms with Gasteiger partial charge in [-0.2, -0.15) is 0 Å². The van der Waals surface area contributed by atoms with Gasteiger partial charge in [-0.15, -0.1) is 0 Å². The molecule has 0 aromatic carbocycles. The second-order valence-corrected chi connectivity index (χ2v) is 7.39. The molecule has 4 nitrogen and oxygen atoms in total. The van der Waals surface area contributed by atoms with E-state index in [1.165, 1.54) is 6.42 Å². The van der Waals surface area contributed by atoms with Gasteiger partial charge >= 0.3 is 5.97 Å². The lowest BCUT2D eigenvalue weighted by Crippen LogP contribution is -2.44. The maximum absolute atomic E-state index is 12.6. The molecule has 0 aromatic heterocycles. The summed E-state index contributed by atoms with van der Waals surface area (Å²) < 4.78 is 0. The molecule has 0 bridgehead atoms. The highest BCUT2D eigenvalue weighted by Crippen LogP contribution is 2.43. The van der Waals surface area contributed by atoms with Gasteiger partial charge in [0.2, 0.25) is 5.91 Å². The molecule has 120 valence electrons. The van der Waals surface area contributed by atoms with Gasteiger partial charge in [-0.25, -0.2) is 0 Å². The van der Waals surface area contributed by atoms with Gasteiger partial charge < -0.3 is 10.0 Å². The Labute approximate surface area is 127 Å². The highest BCUT2D eigenvalue weighted by molar-refractivity contribution is 5.78. The quantitative estimate of drug-likeness (QED) is 0.865. The van der Waals surface area contributed by atoms with Crippen LogP contribution in [-0.2, 0) is 9.59 Å². The number of aliphatic carboxylic acids is 1. The summed E-state index contributed by atoms with van der Waals surface area (Å²) in [6.45, 7) is 6.13. The number of carbonyl (C=O) groups excluding carboxylic acids is 1. The van der Waals surface area contributed by atoms with Crippen LogP contribution in [-0.4, -0.2) is 35.0 Å². The zero-order valence-electron chi connectivity index (χ0n) is 13.4. The van der Waals surface area contributed by atoms with E-state index in [4.69, 9.17) is 0 Å². The van der Waals surface area contributed by atoms with Crippen molar-refractivity contribution in [2.45, 2.75) is 65.2 Å². The van der Waals surface area contributed by atoms with Gasteiger partial charge in [0.1, 0.15) is 0 Å². The Morgan fingerprint density at radius 2 is 1.76 bits per heavy atom. The van der Waals surface area contributed by atoms with E-state index in [9.17, 15) is 14.7 Å². The van der Waals surface area contributed by atoms with Crippen LogP contribution in [0.1, 0.15) is 65.2 Å². The molecule has 1 aliphatic heterocycles. The second kappa shape index (κ2) is 6.80. The first-order valence-corrected chi connectivity index (χ1v) is 8.41. The average molecular weight is 295 g/mol. The summed E-state index contributed by atoms with van der Waals surface area (Å²) in [5.74, 6) is 0.642. The van der Waals surface area contributed by atoms with Crippen LogP contribution in [0.3, 0.4) is 0 Å². The molecule has 0 aromatic rings. The largest absolute Gasteiger partial charge is 0.481 e. The number of carboxylic acids is 1. The zero-order valence-corrected chi connectivity index (χ0v) is 13.4. The second-order valence-electron chi connectivity index (χ2n) is 7.39.